The van der Waals surface area contributed by atoms with Crippen molar-refractivity contribution in [2.45, 2.75) is 20.3 Å². The summed E-state index contributed by atoms with van der Waals surface area (Å²) in [7, 11) is 0. The van der Waals surface area contributed by atoms with Crippen molar-refractivity contribution < 1.29 is 9.59 Å². The van der Waals surface area contributed by atoms with Crippen molar-refractivity contribution in [2.24, 2.45) is 0 Å². The lowest BCUT2D eigenvalue weighted by Gasteiger charge is -2.34. The van der Waals surface area contributed by atoms with Gasteiger partial charge < -0.3 is 10.2 Å². The number of nitrogens with one attached hydrogen (secondary N) is 1. The molecule has 1 N–H and O–H groups in total. The lowest BCUT2D eigenvalue weighted by atomic mass is 10.2. The zero-order chi connectivity index (χ0) is 18.5. The van der Waals surface area contributed by atoms with Crippen LogP contribution in [0.1, 0.15) is 28.7 Å². The Morgan fingerprint density at radius 3 is 2.69 bits per heavy atom. The molecule has 0 spiro atoms. The van der Waals surface area contributed by atoms with E-state index in [1.54, 1.807) is 11.3 Å². The normalized spacial score (nSPS) is 15.2. The number of aromatic nitrogens is 1. The van der Waals surface area contributed by atoms with Crippen LogP contribution in [0.15, 0.2) is 16.8 Å². The molecule has 1 fully saturated rings. The Balaban J connectivity index is 1.56. The van der Waals surface area contributed by atoms with Crippen LogP contribution in [0.2, 0.25) is 0 Å². The number of thiazole rings is 1. The zero-order valence-electron chi connectivity index (χ0n) is 15.2. The number of piperazine rings is 1. The predicted octanol–water partition coefficient (Wildman–Crippen LogP) is 2.46. The van der Waals surface area contributed by atoms with Gasteiger partial charge in [0.2, 0.25) is 5.91 Å². The van der Waals surface area contributed by atoms with E-state index in [1.165, 1.54) is 11.3 Å². The molecule has 0 bridgehead atoms. The van der Waals surface area contributed by atoms with Crippen LogP contribution in [0.4, 0.5) is 0 Å². The highest BCUT2D eigenvalue weighted by atomic mass is 32.1. The summed E-state index contributed by atoms with van der Waals surface area (Å²) in [5, 5.41) is 7.87. The number of hydrogen-bond donors (Lipinski definition) is 1. The topological polar surface area (TPSA) is 65.5 Å². The van der Waals surface area contributed by atoms with Crippen molar-refractivity contribution >= 4 is 34.5 Å². The van der Waals surface area contributed by atoms with Gasteiger partial charge in [-0.1, -0.05) is 6.92 Å². The van der Waals surface area contributed by atoms with Gasteiger partial charge in [0.25, 0.3) is 5.91 Å². The molecule has 0 saturated carbocycles. The summed E-state index contributed by atoms with van der Waals surface area (Å²) in [6.45, 7) is 7.79. The molecule has 1 saturated heterocycles. The number of carbonyl (C=O) groups excluding carboxylic acids is 2. The van der Waals surface area contributed by atoms with Crippen molar-refractivity contribution in [1.29, 1.82) is 0 Å². The van der Waals surface area contributed by atoms with E-state index in [-0.39, 0.29) is 11.8 Å². The molecular weight excluding hydrogens is 368 g/mol. The predicted molar refractivity (Wildman–Crippen MR) is 106 cm³/mol. The largest absolute Gasteiger partial charge is 0.355 e. The summed E-state index contributed by atoms with van der Waals surface area (Å²) in [5.41, 5.74) is 1.87. The number of nitrogens with zero attached hydrogens (tertiary/aromatic N) is 3. The van der Waals surface area contributed by atoms with E-state index in [4.69, 9.17) is 0 Å². The summed E-state index contributed by atoms with van der Waals surface area (Å²) in [4.78, 5) is 34.0. The summed E-state index contributed by atoms with van der Waals surface area (Å²) in [6.07, 6.45) is 0.940. The van der Waals surface area contributed by atoms with Crippen molar-refractivity contribution in [1.82, 2.24) is 20.1 Å². The number of amides is 2. The lowest BCUT2D eigenvalue weighted by molar-refractivity contribution is -0.122. The van der Waals surface area contributed by atoms with Crippen molar-refractivity contribution in [3.8, 4) is 10.6 Å². The van der Waals surface area contributed by atoms with Crippen LogP contribution in [-0.2, 0) is 4.79 Å². The van der Waals surface area contributed by atoms with Crippen molar-refractivity contribution in [3.05, 3.63) is 27.4 Å². The first kappa shape index (κ1) is 19.0. The molecule has 2 aromatic heterocycles. The highest BCUT2D eigenvalue weighted by Gasteiger charge is 2.26. The van der Waals surface area contributed by atoms with Crippen molar-refractivity contribution in [3.63, 3.8) is 0 Å². The fraction of sp³-hybridized carbons (Fsp3) is 0.500. The van der Waals surface area contributed by atoms with Gasteiger partial charge in [0.05, 0.1) is 12.2 Å². The third-order valence-electron chi connectivity index (χ3n) is 4.36. The molecule has 6 nitrogen and oxygen atoms in total. The molecule has 0 aromatic carbocycles. The van der Waals surface area contributed by atoms with E-state index in [1.807, 2.05) is 30.2 Å². The Labute approximate surface area is 161 Å². The summed E-state index contributed by atoms with van der Waals surface area (Å²) in [5.74, 6) is 0.113. The van der Waals surface area contributed by atoms with Crippen LogP contribution in [-0.4, -0.2) is 65.9 Å². The van der Waals surface area contributed by atoms with E-state index < -0.39 is 0 Å². The average Bonchev–Trinajstić information content (AvgIpc) is 3.29. The molecule has 0 radical (unpaired) electrons. The third-order valence-corrected chi connectivity index (χ3v) is 6.24. The monoisotopic (exact) mass is 392 g/mol. The molecule has 0 atom stereocenters. The quantitative estimate of drug-likeness (QED) is 0.820. The summed E-state index contributed by atoms with van der Waals surface area (Å²) in [6, 6.07) is 2.03. The highest BCUT2D eigenvalue weighted by Crippen LogP contribution is 2.30. The van der Waals surface area contributed by atoms with Gasteiger partial charge in [-0.25, -0.2) is 4.98 Å². The van der Waals surface area contributed by atoms with Gasteiger partial charge in [-0.05, 0) is 24.8 Å². The summed E-state index contributed by atoms with van der Waals surface area (Å²) >= 11 is 3.10. The second-order valence-electron chi connectivity index (χ2n) is 6.36. The maximum atomic E-state index is 12.9. The molecule has 140 valence electrons. The van der Waals surface area contributed by atoms with Crippen LogP contribution in [0.3, 0.4) is 0 Å². The first-order valence-corrected chi connectivity index (χ1v) is 10.6. The fourth-order valence-corrected chi connectivity index (χ4v) is 4.63. The molecular formula is C18H24N4O2S2. The van der Waals surface area contributed by atoms with Gasteiger partial charge in [-0.15, -0.1) is 11.3 Å². The molecule has 2 aromatic rings. The van der Waals surface area contributed by atoms with Crippen LogP contribution in [0, 0.1) is 6.92 Å². The molecule has 3 heterocycles. The number of thiophene rings is 1. The summed E-state index contributed by atoms with van der Waals surface area (Å²) < 4.78 is 0. The standard InChI is InChI=1S/C18H24N4O2S2/c1-3-5-19-15(23)11-21-6-8-22(9-7-21)18(24)16-13(2)20-17(26-16)14-4-10-25-12-14/h4,10,12H,3,5-9,11H2,1-2H3,(H,19,23). The first-order valence-electron chi connectivity index (χ1n) is 8.86. The number of carbonyl (C=O) groups is 2. The van der Waals surface area contributed by atoms with Crippen LogP contribution >= 0.6 is 22.7 Å². The Kier molecular flexibility index (Phi) is 6.39. The molecule has 8 heteroatoms. The van der Waals surface area contributed by atoms with E-state index >= 15 is 0 Å². The zero-order valence-corrected chi connectivity index (χ0v) is 16.8. The Morgan fingerprint density at radius 2 is 2.04 bits per heavy atom. The van der Waals surface area contributed by atoms with Gasteiger partial charge in [-0.3, -0.25) is 14.5 Å². The van der Waals surface area contributed by atoms with E-state index in [2.05, 4.69) is 20.6 Å². The molecule has 3 rings (SSSR count). The number of rotatable bonds is 6. The Morgan fingerprint density at radius 1 is 1.27 bits per heavy atom. The third kappa shape index (κ3) is 4.49. The van der Waals surface area contributed by atoms with Gasteiger partial charge in [0, 0.05) is 43.7 Å². The van der Waals surface area contributed by atoms with Crippen molar-refractivity contribution in [2.75, 3.05) is 39.3 Å². The minimum atomic E-state index is 0.0524. The SMILES string of the molecule is CCCNC(=O)CN1CCN(C(=O)c2sc(-c3ccsc3)nc2C)CC1. The lowest BCUT2D eigenvalue weighted by Crippen LogP contribution is -2.51. The van der Waals surface area contributed by atoms with Gasteiger partial charge in [-0.2, -0.15) is 11.3 Å². The first-order chi connectivity index (χ1) is 12.6. The molecule has 1 aliphatic rings. The maximum Gasteiger partial charge on any atom is 0.265 e. The van der Waals surface area contributed by atoms with Gasteiger partial charge in [0.1, 0.15) is 9.88 Å². The van der Waals surface area contributed by atoms with Crippen LogP contribution in [0.25, 0.3) is 10.6 Å². The maximum absolute atomic E-state index is 12.9. The van der Waals surface area contributed by atoms with Gasteiger partial charge >= 0.3 is 0 Å². The van der Waals surface area contributed by atoms with Crippen LogP contribution in [0.5, 0.6) is 0 Å². The molecule has 2 amide bonds. The highest BCUT2D eigenvalue weighted by molar-refractivity contribution is 7.17. The molecule has 0 aliphatic carbocycles. The fourth-order valence-electron chi connectivity index (χ4n) is 2.88. The number of hydrogen-bond acceptors (Lipinski definition) is 6. The smallest absolute Gasteiger partial charge is 0.265 e. The average molecular weight is 393 g/mol. The second kappa shape index (κ2) is 8.75. The molecule has 1 aliphatic heterocycles. The van der Waals surface area contributed by atoms with E-state index in [0.717, 1.165) is 40.7 Å². The minimum Gasteiger partial charge on any atom is -0.355 e. The van der Waals surface area contributed by atoms with E-state index in [0.29, 0.717) is 26.2 Å². The van der Waals surface area contributed by atoms with E-state index in [9.17, 15) is 9.59 Å². The van der Waals surface area contributed by atoms with Gasteiger partial charge in [0.15, 0.2) is 0 Å². The minimum absolute atomic E-state index is 0.0524. The molecule has 26 heavy (non-hydrogen) atoms. The van der Waals surface area contributed by atoms with Crippen LogP contribution < -0.4 is 5.32 Å². The second-order valence-corrected chi connectivity index (χ2v) is 8.14. The number of aryl methyl sites for hydroxylation is 1. The molecule has 0 unspecified atom stereocenters. The Bertz CT molecular complexity index is 749. The Hall–Kier alpha value is -1.77.